The van der Waals surface area contributed by atoms with E-state index in [0.717, 1.165) is 6.54 Å². The number of methoxy groups -OCH3 is 2. The monoisotopic (exact) mass is 418 g/mol. The Hall–Kier alpha value is -2.09. The third kappa shape index (κ3) is 4.91. The zero-order chi connectivity index (χ0) is 21.0. The Morgan fingerprint density at radius 3 is 2.14 bits per heavy atom. The summed E-state index contributed by atoms with van der Waals surface area (Å²) in [5.41, 5.74) is 2.58. The Morgan fingerprint density at radius 1 is 0.931 bits per heavy atom. The van der Waals surface area contributed by atoms with Crippen molar-refractivity contribution in [3.63, 3.8) is 0 Å². The van der Waals surface area contributed by atoms with E-state index >= 15 is 0 Å². The third-order valence-corrected chi connectivity index (χ3v) is 7.29. The van der Waals surface area contributed by atoms with Gasteiger partial charge in [0.2, 0.25) is 10.0 Å². The van der Waals surface area contributed by atoms with E-state index in [9.17, 15) is 8.42 Å². The van der Waals surface area contributed by atoms with Gasteiger partial charge in [-0.2, -0.15) is 4.31 Å². The van der Waals surface area contributed by atoms with Gasteiger partial charge < -0.3 is 9.47 Å². The highest BCUT2D eigenvalue weighted by Gasteiger charge is 2.31. The summed E-state index contributed by atoms with van der Waals surface area (Å²) >= 11 is 0. The Morgan fingerprint density at radius 2 is 1.59 bits per heavy atom. The molecule has 0 N–H and O–H groups in total. The van der Waals surface area contributed by atoms with Crippen LogP contribution in [0.5, 0.6) is 11.5 Å². The zero-order valence-corrected chi connectivity index (χ0v) is 18.4. The Bertz CT molecular complexity index is 918. The molecule has 1 fully saturated rings. The number of rotatable bonds is 7. The van der Waals surface area contributed by atoms with E-state index in [2.05, 4.69) is 43.0 Å². The molecule has 0 atom stereocenters. The van der Waals surface area contributed by atoms with E-state index in [1.165, 1.54) is 35.7 Å². The first-order valence-electron chi connectivity index (χ1n) is 9.88. The summed E-state index contributed by atoms with van der Waals surface area (Å²) in [7, 11) is -0.653. The van der Waals surface area contributed by atoms with E-state index in [0.29, 0.717) is 43.6 Å². The molecule has 2 aromatic carbocycles. The van der Waals surface area contributed by atoms with Crippen molar-refractivity contribution >= 4 is 10.0 Å². The molecular formula is C22H30N2O4S. The zero-order valence-electron chi connectivity index (χ0n) is 17.6. The van der Waals surface area contributed by atoms with Gasteiger partial charge in [-0.05, 0) is 29.2 Å². The standard InChI is InChI=1S/C22H30N2O4S/c1-17(2)19-7-5-18(6-8-19)16-23-11-13-24(14-12-23)29(25,26)22-15-20(27-3)9-10-21(22)28-4/h5-10,15,17H,11-14,16H2,1-4H3. The molecule has 3 rings (SSSR count). The molecule has 0 saturated carbocycles. The summed E-state index contributed by atoms with van der Waals surface area (Å²) in [6, 6.07) is 13.5. The molecule has 0 aromatic heterocycles. The fourth-order valence-corrected chi connectivity index (χ4v) is 5.11. The van der Waals surface area contributed by atoms with Gasteiger partial charge in [-0.15, -0.1) is 0 Å². The summed E-state index contributed by atoms with van der Waals surface area (Å²) in [4.78, 5) is 2.44. The minimum atomic E-state index is -3.65. The maximum absolute atomic E-state index is 13.2. The van der Waals surface area contributed by atoms with Crippen molar-refractivity contribution in [1.29, 1.82) is 0 Å². The summed E-state index contributed by atoms with van der Waals surface area (Å²) in [5.74, 6) is 1.35. The number of hydrogen-bond donors (Lipinski definition) is 0. The van der Waals surface area contributed by atoms with Crippen LogP contribution in [0.15, 0.2) is 47.4 Å². The lowest BCUT2D eigenvalue weighted by atomic mass is 10.0. The lowest BCUT2D eigenvalue weighted by molar-refractivity contribution is 0.181. The normalized spacial score (nSPS) is 16.2. The first-order valence-corrected chi connectivity index (χ1v) is 11.3. The van der Waals surface area contributed by atoms with Crippen molar-refractivity contribution in [2.45, 2.75) is 31.2 Å². The Kier molecular flexibility index (Phi) is 6.82. The average Bonchev–Trinajstić information content (AvgIpc) is 2.74. The van der Waals surface area contributed by atoms with Gasteiger partial charge in [-0.3, -0.25) is 4.90 Å². The molecule has 1 saturated heterocycles. The summed E-state index contributed by atoms with van der Waals surface area (Å²) in [6.45, 7) is 7.49. The Balaban J connectivity index is 1.67. The van der Waals surface area contributed by atoms with Crippen LogP contribution in [0.25, 0.3) is 0 Å². The minimum absolute atomic E-state index is 0.150. The summed E-state index contributed by atoms with van der Waals surface area (Å²) < 4.78 is 38.4. The average molecular weight is 419 g/mol. The second-order valence-electron chi connectivity index (χ2n) is 7.59. The fraction of sp³-hybridized carbons (Fsp3) is 0.455. The van der Waals surface area contributed by atoms with E-state index in [1.807, 2.05) is 0 Å². The molecule has 6 nitrogen and oxygen atoms in total. The smallest absolute Gasteiger partial charge is 0.246 e. The van der Waals surface area contributed by atoms with Gasteiger partial charge in [0.1, 0.15) is 16.4 Å². The maximum Gasteiger partial charge on any atom is 0.246 e. The molecule has 0 spiro atoms. The highest BCUT2D eigenvalue weighted by atomic mass is 32.2. The van der Waals surface area contributed by atoms with Gasteiger partial charge in [-0.25, -0.2) is 8.42 Å². The predicted octanol–water partition coefficient (Wildman–Crippen LogP) is 3.33. The largest absolute Gasteiger partial charge is 0.497 e. The summed E-state index contributed by atoms with van der Waals surface area (Å²) in [6.07, 6.45) is 0. The van der Waals surface area contributed by atoms with Gasteiger partial charge in [0, 0.05) is 38.8 Å². The topological polar surface area (TPSA) is 59.1 Å². The fourth-order valence-electron chi connectivity index (χ4n) is 3.52. The molecule has 2 aromatic rings. The van der Waals surface area contributed by atoms with Gasteiger partial charge in [0.05, 0.1) is 14.2 Å². The number of hydrogen-bond acceptors (Lipinski definition) is 5. The van der Waals surface area contributed by atoms with Gasteiger partial charge in [-0.1, -0.05) is 38.1 Å². The molecule has 1 aliphatic rings. The molecule has 7 heteroatoms. The molecule has 0 radical (unpaired) electrons. The molecule has 0 amide bonds. The lowest BCUT2D eigenvalue weighted by Crippen LogP contribution is -2.48. The van der Waals surface area contributed by atoms with Crippen LogP contribution in [0.1, 0.15) is 30.9 Å². The molecule has 1 heterocycles. The van der Waals surface area contributed by atoms with Gasteiger partial charge in [0.25, 0.3) is 0 Å². The second kappa shape index (κ2) is 9.15. The highest BCUT2D eigenvalue weighted by Crippen LogP contribution is 2.31. The van der Waals surface area contributed by atoms with Crippen molar-refractivity contribution < 1.29 is 17.9 Å². The first kappa shape index (κ1) is 21.6. The van der Waals surface area contributed by atoms with Crippen molar-refractivity contribution in [3.05, 3.63) is 53.6 Å². The van der Waals surface area contributed by atoms with Crippen LogP contribution in [-0.2, 0) is 16.6 Å². The molecule has 0 aliphatic carbocycles. The lowest BCUT2D eigenvalue weighted by Gasteiger charge is -2.34. The van der Waals surface area contributed by atoms with E-state index in [4.69, 9.17) is 9.47 Å². The predicted molar refractivity (Wildman–Crippen MR) is 114 cm³/mol. The number of benzene rings is 2. The molecular weight excluding hydrogens is 388 g/mol. The maximum atomic E-state index is 13.2. The van der Waals surface area contributed by atoms with Crippen molar-refractivity contribution in [3.8, 4) is 11.5 Å². The van der Waals surface area contributed by atoms with Crippen molar-refractivity contribution in [2.75, 3.05) is 40.4 Å². The second-order valence-corrected chi connectivity index (χ2v) is 9.50. The molecule has 29 heavy (non-hydrogen) atoms. The van der Waals surface area contributed by atoms with Crippen LogP contribution in [0.3, 0.4) is 0 Å². The van der Waals surface area contributed by atoms with Crippen LogP contribution < -0.4 is 9.47 Å². The quantitative estimate of drug-likeness (QED) is 0.690. The van der Waals surface area contributed by atoms with E-state index in [-0.39, 0.29) is 4.90 Å². The van der Waals surface area contributed by atoms with Crippen molar-refractivity contribution in [2.24, 2.45) is 0 Å². The van der Waals surface area contributed by atoms with Crippen LogP contribution in [0.2, 0.25) is 0 Å². The molecule has 158 valence electrons. The molecule has 0 unspecified atom stereocenters. The third-order valence-electron chi connectivity index (χ3n) is 5.37. The van der Waals surface area contributed by atoms with Crippen LogP contribution in [-0.4, -0.2) is 58.0 Å². The number of nitrogens with zero attached hydrogens (tertiary/aromatic N) is 2. The SMILES string of the molecule is COc1ccc(OC)c(S(=O)(=O)N2CCN(Cc3ccc(C(C)C)cc3)CC2)c1. The van der Waals surface area contributed by atoms with Crippen LogP contribution >= 0.6 is 0 Å². The first-order chi connectivity index (χ1) is 13.8. The Labute approximate surface area is 174 Å². The summed E-state index contributed by atoms with van der Waals surface area (Å²) in [5, 5.41) is 0. The van der Waals surface area contributed by atoms with Crippen molar-refractivity contribution in [1.82, 2.24) is 9.21 Å². The molecule has 0 bridgehead atoms. The van der Waals surface area contributed by atoms with E-state index in [1.54, 1.807) is 12.1 Å². The van der Waals surface area contributed by atoms with Gasteiger partial charge >= 0.3 is 0 Å². The number of piperazine rings is 1. The van der Waals surface area contributed by atoms with Gasteiger partial charge in [0.15, 0.2) is 0 Å². The number of ether oxygens (including phenoxy) is 2. The molecule has 1 aliphatic heterocycles. The minimum Gasteiger partial charge on any atom is -0.497 e. The number of sulfonamides is 1. The van der Waals surface area contributed by atoms with Crippen LogP contribution in [0.4, 0.5) is 0 Å². The van der Waals surface area contributed by atoms with Crippen LogP contribution in [0, 0.1) is 0 Å². The highest BCUT2D eigenvalue weighted by molar-refractivity contribution is 7.89. The van der Waals surface area contributed by atoms with E-state index < -0.39 is 10.0 Å².